The highest BCUT2D eigenvalue weighted by atomic mass is 16.2. The molecule has 0 atom stereocenters. The molecule has 14 heavy (non-hydrogen) atoms. The van der Waals surface area contributed by atoms with Crippen LogP contribution in [0.3, 0.4) is 0 Å². The molecule has 0 unspecified atom stereocenters. The second-order valence-corrected chi connectivity index (χ2v) is 2.90. The molecule has 0 fully saturated rings. The summed E-state index contributed by atoms with van der Waals surface area (Å²) in [6.45, 7) is 3.08. The number of nitrogens with one attached hydrogen (secondary N) is 2. The van der Waals surface area contributed by atoms with Gasteiger partial charge in [0.15, 0.2) is 0 Å². The van der Waals surface area contributed by atoms with E-state index in [2.05, 4.69) is 15.6 Å². The van der Waals surface area contributed by atoms with Crippen molar-refractivity contribution in [3.8, 4) is 0 Å². The van der Waals surface area contributed by atoms with Gasteiger partial charge in [-0.25, -0.2) is 4.79 Å². The lowest BCUT2D eigenvalue weighted by molar-refractivity contribution is 0.249. The fourth-order valence-electron chi connectivity index (χ4n) is 1.05. The average molecular weight is 194 g/mol. The number of aryl methyl sites for hydroxylation is 1. The summed E-state index contributed by atoms with van der Waals surface area (Å²) >= 11 is 0. The van der Waals surface area contributed by atoms with Crippen LogP contribution in [0.2, 0.25) is 0 Å². The summed E-state index contributed by atoms with van der Waals surface area (Å²) in [6, 6.07) is 3.30. The van der Waals surface area contributed by atoms with Gasteiger partial charge in [-0.1, -0.05) is 0 Å². The summed E-state index contributed by atoms with van der Waals surface area (Å²) < 4.78 is 0. The first-order chi connectivity index (χ1) is 6.68. The summed E-state index contributed by atoms with van der Waals surface area (Å²) in [4.78, 5) is 14.4. The largest absolute Gasteiger partial charge is 0.383 e. The molecule has 4 N–H and O–H groups in total. The van der Waals surface area contributed by atoms with Crippen molar-refractivity contribution in [3.63, 3.8) is 0 Å². The Hall–Kier alpha value is -1.78. The summed E-state index contributed by atoms with van der Waals surface area (Å²) in [6.07, 6.45) is 1.74. The minimum absolute atomic E-state index is 0.502. The van der Waals surface area contributed by atoms with Crippen LogP contribution < -0.4 is 16.4 Å². The molecule has 1 heterocycles. The molecule has 0 radical (unpaired) electrons. The second kappa shape index (κ2) is 5.06. The monoisotopic (exact) mass is 194 g/mol. The van der Waals surface area contributed by atoms with Gasteiger partial charge in [-0.2, -0.15) is 0 Å². The van der Waals surface area contributed by atoms with Gasteiger partial charge in [0.2, 0.25) is 0 Å². The molecule has 0 bridgehead atoms. The van der Waals surface area contributed by atoms with E-state index in [0.29, 0.717) is 13.1 Å². The van der Waals surface area contributed by atoms with Gasteiger partial charge < -0.3 is 16.4 Å². The summed E-state index contributed by atoms with van der Waals surface area (Å²) in [5, 5.41) is 5.62. The van der Waals surface area contributed by atoms with Crippen LogP contribution in [0.15, 0.2) is 18.3 Å². The minimum Gasteiger partial charge on any atom is -0.383 e. The highest BCUT2D eigenvalue weighted by Crippen LogP contribution is 2.05. The van der Waals surface area contributed by atoms with Gasteiger partial charge in [0.05, 0.1) is 0 Å². The van der Waals surface area contributed by atoms with Crippen molar-refractivity contribution in [1.82, 2.24) is 10.3 Å². The molecular weight excluding hydrogens is 180 g/mol. The smallest absolute Gasteiger partial charge is 0.312 e. The van der Waals surface area contributed by atoms with E-state index in [4.69, 9.17) is 5.73 Å². The van der Waals surface area contributed by atoms with Crippen molar-refractivity contribution < 1.29 is 4.79 Å². The van der Waals surface area contributed by atoms with Crippen molar-refractivity contribution >= 4 is 11.7 Å². The van der Waals surface area contributed by atoms with E-state index in [1.54, 1.807) is 6.20 Å². The molecule has 0 aromatic carbocycles. The first kappa shape index (κ1) is 10.3. The van der Waals surface area contributed by atoms with Crippen molar-refractivity contribution in [1.29, 1.82) is 0 Å². The van der Waals surface area contributed by atoms with Gasteiger partial charge >= 0.3 is 6.03 Å². The maximum Gasteiger partial charge on any atom is 0.312 e. The number of hydrogen-bond donors (Lipinski definition) is 3. The number of anilines is 1. The highest BCUT2D eigenvalue weighted by Gasteiger charge is 1.93. The molecule has 0 aliphatic carbocycles. The van der Waals surface area contributed by atoms with E-state index >= 15 is 0 Å². The molecule has 1 aromatic rings. The molecule has 0 saturated carbocycles. The fraction of sp³-hybridized carbons (Fsp3) is 0.333. The van der Waals surface area contributed by atoms with Crippen LogP contribution in [0.5, 0.6) is 0 Å². The first-order valence-electron chi connectivity index (χ1n) is 4.38. The van der Waals surface area contributed by atoms with Crippen LogP contribution in [0.1, 0.15) is 5.69 Å². The number of nitrogens with two attached hydrogens (primary N) is 1. The Kier molecular flexibility index (Phi) is 3.72. The van der Waals surface area contributed by atoms with Gasteiger partial charge in [0.1, 0.15) is 0 Å². The number of hydrogen-bond acceptors (Lipinski definition) is 3. The zero-order chi connectivity index (χ0) is 10.4. The highest BCUT2D eigenvalue weighted by molar-refractivity contribution is 5.71. The van der Waals surface area contributed by atoms with Crippen LogP contribution >= 0.6 is 0 Å². The van der Waals surface area contributed by atoms with E-state index in [9.17, 15) is 4.79 Å². The van der Waals surface area contributed by atoms with Crippen LogP contribution in [0.25, 0.3) is 0 Å². The number of carbonyl (C=O) groups is 1. The number of amides is 2. The third-order valence-corrected chi connectivity index (χ3v) is 1.65. The Balaban J connectivity index is 2.28. The van der Waals surface area contributed by atoms with Gasteiger partial charge in [0.25, 0.3) is 0 Å². The zero-order valence-electron chi connectivity index (χ0n) is 8.08. The quantitative estimate of drug-likeness (QED) is 0.609. The Morgan fingerprint density at radius 1 is 1.57 bits per heavy atom. The lowest BCUT2D eigenvalue weighted by Gasteiger charge is -2.06. The number of pyridine rings is 1. The molecule has 5 heteroatoms. The minimum atomic E-state index is -0.502. The third kappa shape index (κ3) is 3.75. The predicted octanol–water partition coefficient (Wildman–Crippen LogP) is 0.470. The first-order valence-corrected chi connectivity index (χ1v) is 4.38. The molecule has 0 spiro atoms. The van der Waals surface area contributed by atoms with Gasteiger partial charge in [-0.15, -0.1) is 0 Å². The van der Waals surface area contributed by atoms with Crippen LogP contribution in [0.4, 0.5) is 10.5 Å². The molecule has 0 aliphatic rings. The molecule has 1 rings (SSSR count). The molecule has 0 aliphatic heterocycles. The van der Waals surface area contributed by atoms with E-state index < -0.39 is 6.03 Å². The number of aromatic nitrogens is 1. The van der Waals surface area contributed by atoms with Crippen molar-refractivity contribution in [2.24, 2.45) is 5.73 Å². The summed E-state index contributed by atoms with van der Waals surface area (Å²) in [5.41, 5.74) is 6.85. The number of carbonyl (C=O) groups excluding carboxylic acids is 1. The number of primary amides is 1. The number of rotatable bonds is 4. The van der Waals surface area contributed by atoms with E-state index in [1.807, 2.05) is 19.1 Å². The van der Waals surface area contributed by atoms with Crippen LogP contribution in [0, 0.1) is 6.92 Å². The summed E-state index contributed by atoms with van der Waals surface area (Å²) in [5.74, 6) is 0. The second-order valence-electron chi connectivity index (χ2n) is 2.90. The molecule has 2 amide bonds. The Morgan fingerprint density at radius 2 is 2.36 bits per heavy atom. The maximum atomic E-state index is 10.3. The Morgan fingerprint density at radius 3 is 3.00 bits per heavy atom. The lowest BCUT2D eigenvalue weighted by atomic mass is 10.3. The topological polar surface area (TPSA) is 80.0 Å². The maximum absolute atomic E-state index is 10.3. The standard InChI is InChI=1S/C9H14N4O/c1-7-6-8(2-3-11-7)12-4-5-13-9(10)14/h2-3,6H,4-5H2,1H3,(H,11,12)(H3,10,13,14). The molecule has 1 aromatic heterocycles. The fourth-order valence-corrected chi connectivity index (χ4v) is 1.05. The Labute approximate surface area is 82.7 Å². The lowest BCUT2D eigenvalue weighted by Crippen LogP contribution is -2.33. The van der Waals surface area contributed by atoms with E-state index in [0.717, 1.165) is 11.4 Å². The van der Waals surface area contributed by atoms with Crippen molar-refractivity contribution in [2.75, 3.05) is 18.4 Å². The van der Waals surface area contributed by atoms with Gasteiger partial charge in [-0.3, -0.25) is 4.98 Å². The molecule has 0 saturated heterocycles. The molecular formula is C9H14N4O. The van der Waals surface area contributed by atoms with Crippen molar-refractivity contribution in [2.45, 2.75) is 6.92 Å². The molecule has 76 valence electrons. The van der Waals surface area contributed by atoms with Crippen LogP contribution in [-0.4, -0.2) is 24.1 Å². The van der Waals surface area contributed by atoms with Gasteiger partial charge in [0, 0.05) is 30.7 Å². The zero-order valence-corrected chi connectivity index (χ0v) is 8.08. The van der Waals surface area contributed by atoms with Crippen LogP contribution in [-0.2, 0) is 0 Å². The predicted molar refractivity (Wildman–Crippen MR) is 55.0 cm³/mol. The van der Waals surface area contributed by atoms with E-state index in [-0.39, 0.29) is 0 Å². The van der Waals surface area contributed by atoms with Gasteiger partial charge in [-0.05, 0) is 19.1 Å². The third-order valence-electron chi connectivity index (χ3n) is 1.65. The van der Waals surface area contributed by atoms with Crippen molar-refractivity contribution in [3.05, 3.63) is 24.0 Å². The molecule has 5 nitrogen and oxygen atoms in total. The average Bonchev–Trinajstić information content (AvgIpc) is 2.12. The Bertz CT molecular complexity index is 313. The number of urea groups is 1. The normalized spacial score (nSPS) is 9.50. The van der Waals surface area contributed by atoms with E-state index in [1.165, 1.54) is 0 Å². The number of nitrogens with zero attached hydrogens (tertiary/aromatic N) is 1. The SMILES string of the molecule is Cc1cc(NCCNC(N)=O)ccn1. The summed E-state index contributed by atoms with van der Waals surface area (Å²) in [7, 11) is 0.